The van der Waals surface area contributed by atoms with Gasteiger partial charge >= 0.3 is 0 Å². The number of anilines is 1. The van der Waals surface area contributed by atoms with Crippen molar-refractivity contribution in [2.24, 2.45) is 0 Å². The third-order valence-electron chi connectivity index (χ3n) is 5.38. The lowest BCUT2D eigenvalue weighted by Gasteiger charge is -2.19. The zero-order valence-corrected chi connectivity index (χ0v) is 18.9. The normalized spacial score (nSPS) is 12.8. The number of aryl methyl sites for hydroxylation is 2. The monoisotopic (exact) mass is 391 g/mol. The summed E-state index contributed by atoms with van der Waals surface area (Å²) < 4.78 is 14.5. The summed E-state index contributed by atoms with van der Waals surface area (Å²) in [5.41, 5.74) is 8.05. The average molecular weight is 392 g/mol. The maximum Gasteiger partial charge on any atom is 0.130 e. The second-order valence-corrected chi connectivity index (χ2v) is 8.19. The van der Waals surface area contributed by atoms with E-state index >= 15 is 0 Å². The first-order valence-corrected chi connectivity index (χ1v) is 10.3. The van der Waals surface area contributed by atoms with Crippen LogP contribution in [0.1, 0.15) is 69.4 Å². The van der Waals surface area contributed by atoms with E-state index in [9.17, 15) is 4.39 Å². The maximum atomic E-state index is 14.5. The Morgan fingerprint density at radius 1 is 1.14 bits per heavy atom. The lowest BCUT2D eigenvalue weighted by molar-refractivity contribution is 0.221. The van der Waals surface area contributed by atoms with Crippen molar-refractivity contribution < 1.29 is 4.39 Å². The summed E-state index contributed by atoms with van der Waals surface area (Å²) in [6.45, 7) is 17.9. The Labute approximate surface area is 176 Å². The van der Waals surface area contributed by atoms with E-state index in [-0.39, 0.29) is 0 Å². The molecule has 0 aromatic heterocycles. The molecule has 1 nitrogen and oxygen atoms in total. The summed E-state index contributed by atoms with van der Waals surface area (Å²) >= 11 is 0. The lowest BCUT2D eigenvalue weighted by atomic mass is 9.95. The van der Waals surface area contributed by atoms with Gasteiger partial charge in [-0.3, -0.25) is 0 Å². The van der Waals surface area contributed by atoms with Crippen molar-refractivity contribution in [2.45, 2.75) is 60.6 Å². The molecule has 2 heteroatoms. The van der Waals surface area contributed by atoms with Crippen LogP contribution in [0.4, 0.5) is 10.1 Å². The Kier molecular flexibility index (Phi) is 7.24. The summed E-state index contributed by atoms with van der Waals surface area (Å²) in [7, 11) is 0. The van der Waals surface area contributed by atoms with Crippen LogP contribution in [0.5, 0.6) is 0 Å². The minimum atomic E-state index is -1.38. The molecular formula is C27H34FN. The SMILES string of the molecule is C=C(Nc1cc(CC)cc(C(C)(C)F)c1)c1ccc(/C(C)=C(C)/C=C\C)cc1C. The maximum absolute atomic E-state index is 14.5. The third-order valence-corrected chi connectivity index (χ3v) is 5.38. The highest BCUT2D eigenvalue weighted by Gasteiger charge is 2.20. The van der Waals surface area contributed by atoms with Crippen molar-refractivity contribution in [3.63, 3.8) is 0 Å². The van der Waals surface area contributed by atoms with Crippen molar-refractivity contribution in [1.29, 1.82) is 0 Å². The second kappa shape index (κ2) is 9.26. The Morgan fingerprint density at radius 3 is 2.38 bits per heavy atom. The van der Waals surface area contributed by atoms with Gasteiger partial charge in [0.1, 0.15) is 5.67 Å². The van der Waals surface area contributed by atoms with Gasteiger partial charge in [0, 0.05) is 16.9 Å². The molecule has 154 valence electrons. The van der Waals surface area contributed by atoms with Crippen molar-refractivity contribution >= 4 is 17.0 Å². The van der Waals surface area contributed by atoms with Crippen molar-refractivity contribution in [3.8, 4) is 0 Å². The average Bonchev–Trinajstić information content (AvgIpc) is 2.66. The topological polar surface area (TPSA) is 12.0 Å². The molecule has 0 fully saturated rings. The fourth-order valence-electron chi connectivity index (χ4n) is 3.39. The molecule has 0 radical (unpaired) electrons. The number of rotatable bonds is 7. The smallest absolute Gasteiger partial charge is 0.130 e. The fourth-order valence-corrected chi connectivity index (χ4v) is 3.39. The van der Waals surface area contributed by atoms with Gasteiger partial charge in [-0.15, -0.1) is 0 Å². The van der Waals surface area contributed by atoms with Crippen LogP contribution in [0.15, 0.2) is 60.7 Å². The van der Waals surface area contributed by atoms with Gasteiger partial charge in [0.25, 0.3) is 0 Å². The number of halogens is 1. The minimum Gasteiger partial charge on any atom is -0.355 e. The van der Waals surface area contributed by atoms with Gasteiger partial charge in [-0.1, -0.05) is 49.9 Å². The molecule has 0 spiro atoms. The van der Waals surface area contributed by atoms with Gasteiger partial charge in [0.05, 0.1) is 0 Å². The van der Waals surface area contributed by atoms with Gasteiger partial charge in [-0.05, 0) is 93.5 Å². The molecule has 0 saturated heterocycles. The van der Waals surface area contributed by atoms with Gasteiger partial charge in [-0.25, -0.2) is 4.39 Å². The van der Waals surface area contributed by atoms with E-state index in [1.165, 1.54) is 16.7 Å². The molecule has 0 heterocycles. The van der Waals surface area contributed by atoms with Gasteiger partial charge < -0.3 is 5.32 Å². The zero-order valence-electron chi connectivity index (χ0n) is 18.9. The highest BCUT2D eigenvalue weighted by Crippen LogP contribution is 2.31. The van der Waals surface area contributed by atoms with Crippen LogP contribution in [-0.2, 0) is 12.1 Å². The fraction of sp³-hybridized carbons (Fsp3) is 0.333. The number of hydrogen-bond donors (Lipinski definition) is 1. The van der Waals surface area contributed by atoms with Crippen molar-refractivity contribution in [2.75, 3.05) is 5.32 Å². The van der Waals surface area contributed by atoms with Crippen molar-refractivity contribution in [1.82, 2.24) is 0 Å². The summed E-state index contributed by atoms with van der Waals surface area (Å²) in [4.78, 5) is 0. The Bertz CT molecular complexity index is 955. The molecule has 0 bridgehead atoms. The predicted octanol–water partition coefficient (Wildman–Crippen LogP) is 8.21. The van der Waals surface area contributed by atoms with E-state index in [1.54, 1.807) is 13.8 Å². The quantitative estimate of drug-likeness (QED) is 0.469. The Balaban J connectivity index is 2.34. The van der Waals surface area contributed by atoms with E-state index in [0.717, 1.165) is 34.5 Å². The first kappa shape index (κ1) is 22.7. The molecule has 0 aliphatic carbocycles. The van der Waals surface area contributed by atoms with E-state index in [1.807, 2.05) is 19.1 Å². The van der Waals surface area contributed by atoms with Crippen LogP contribution in [0.3, 0.4) is 0 Å². The Morgan fingerprint density at radius 2 is 1.83 bits per heavy atom. The summed E-state index contributed by atoms with van der Waals surface area (Å²) in [5, 5.41) is 3.39. The first-order chi connectivity index (χ1) is 13.6. The van der Waals surface area contributed by atoms with E-state index in [2.05, 4.69) is 76.0 Å². The first-order valence-electron chi connectivity index (χ1n) is 10.3. The van der Waals surface area contributed by atoms with Gasteiger partial charge in [0.15, 0.2) is 0 Å². The number of benzene rings is 2. The summed E-state index contributed by atoms with van der Waals surface area (Å²) in [6, 6.07) is 12.3. The molecule has 2 rings (SSSR count). The third kappa shape index (κ3) is 5.69. The summed E-state index contributed by atoms with van der Waals surface area (Å²) in [6.07, 6.45) is 5.04. The van der Waals surface area contributed by atoms with E-state index in [4.69, 9.17) is 0 Å². The van der Waals surface area contributed by atoms with Crippen LogP contribution < -0.4 is 5.32 Å². The van der Waals surface area contributed by atoms with E-state index < -0.39 is 5.67 Å². The van der Waals surface area contributed by atoms with Gasteiger partial charge in [0.2, 0.25) is 0 Å². The Hall–Kier alpha value is -2.61. The summed E-state index contributed by atoms with van der Waals surface area (Å²) in [5.74, 6) is 0. The number of alkyl halides is 1. The lowest BCUT2D eigenvalue weighted by Crippen LogP contribution is -2.10. The van der Waals surface area contributed by atoms with Gasteiger partial charge in [-0.2, -0.15) is 0 Å². The second-order valence-electron chi connectivity index (χ2n) is 8.19. The minimum absolute atomic E-state index is 0.680. The molecule has 1 N–H and O–H groups in total. The zero-order chi connectivity index (χ0) is 21.8. The van der Waals surface area contributed by atoms with Crippen LogP contribution in [-0.4, -0.2) is 0 Å². The molecule has 0 aliphatic rings. The molecule has 0 unspecified atom stereocenters. The number of allylic oxidation sites excluding steroid dienone is 4. The number of hydrogen-bond acceptors (Lipinski definition) is 1. The van der Waals surface area contributed by atoms with Crippen LogP contribution in [0, 0.1) is 6.92 Å². The highest BCUT2D eigenvalue weighted by molar-refractivity contribution is 5.79. The molecule has 0 atom stereocenters. The standard InChI is InChI=1S/C27H34FN/c1-9-11-18(3)20(5)23-12-13-26(19(4)14-23)21(6)29-25-16-22(10-2)15-24(17-25)27(7,8)28/h9,11-17,29H,6,10H2,1-5,7-8H3/b11-9-,20-18+. The van der Waals surface area contributed by atoms with E-state index in [0.29, 0.717) is 5.56 Å². The molecule has 2 aromatic rings. The van der Waals surface area contributed by atoms with Crippen LogP contribution in [0.2, 0.25) is 0 Å². The predicted molar refractivity (Wildman–Crippen MR) is 127 cm³/mol. The molecule has 29 heavy (non-hydrogen) atoms. The van der Waals surface area contributed by atoms with Crippen LogP contribution >= 0.6 is 0 Å². The molecule has 2 aromatic carbocycles. The van der Waals surface area contributed by atoms with Crippen LogP contribution in [0.25, 0.3) is 11.3 Å². The largest absolute Gasteiger partial charge is 0.355 e. The molecular weight excluding hydrogens is 357 g/mol. The molecule has 0 amide bonds. The van der Waals surface area contributed by atoms with Crippen molar-refractivity contribution in [3.05, 3.63) is 88.5 Å². The molecule has 0 saturated carbocycles. The molecule has 0 aliphatic heterocycles. The number of nitrogens with one attached hydrogen (secondary N) is 1. The highest BCUT2D eigenvalue weighted by atomic mass is 19.1.